The molecular formula is C12H19N3O2S. The number of carbonyl (C=O) groups excluding carboxylic acids is 1. The summed E-state index contributed by atoms with van der Waals surface area (Å²) in [5.41, 5.74) is -0.557. The minimum atomic E-state index is -1.21. The number of aliphatic hydroxyl groups is 1. The van der Waals surface area contributed by atoms with Gasteiger partial charge in [0.25, 0.3) is 5.91 Å². The smallest absolute Gasteiger partial charge is 0.256 e. The van der Waals surface area contributed by atoms with Gasteiger partial charge in [-0.2, -0.15) is 16.9 Å². The fraction of sp³-hybridized carbons (Fsp3) is 0.667. The van der Waals surface area contributed by atoms with Crippen LogP contribution >= 0.6 is 11.8 Å². The van der Waals surface area contributed by atoms with Crippen LogP contribution in [-0.4, -0.2) is 37.9 Å². The lowest BCUT2D eigenvalue weighted by molar-refractivity contribution is -0.134. The standard InChI is InChI=1S/C12H19N3O2S/c1-2-5-15-9-10(8-13-15)14-11(16)12(17)3-6-18-7-4-12/h8-9,17H,2-7H2,1H3,(H,14,16). The Kier molecular flexibility index (Phi) is 4.29. The van der Waals surface area contributed by atoms with Gasteiger partial charge in [-0.25, -0.2) is 0 Å². The first-order valence-electron chi connectivity index (χ1n) is 6.28. The van der Waals surface area contributed by atoms with Crippen molar-refractivity contribution in [2.24, 2.45) is 0 Å². The quantitative estimate of drug-likeness (QED) is 0.869. The number of thioether (sulfide) groups is 1. The van der Waals surface area contributed by atoms with Crippen molar-refractivity contribution in [1.82, 2.24) is 9.78 Å². The second-order valence-corrected chi connectivity index (χ2v) is 5.81. The molecule has 2 rings (SSSR count). The van der Waals surface area contributed by atoms with Crippen LogP contribution in [0.4, 0.5) is 5.69 Å². The van der Waals surface area contributed by atoms with Gasteiger partial charge in [0, 0.05) is 12.7 Å². The maximum absolute atomic E-state index is 12.0. The van der Waals surface area contributed by atoms with E-state index in [9.17, 15) is 9.90 Å². The van der Waals surface area contributed by atoms with Crippen molar-refractivity contribution < 1.29 is 9.90 Å². The van der Waals surface area contributed by atoms with E-state index in [-0.39, 0.29) is 5.91 Å². The molecule has 0 atom stereocenters. The summed E-state index contributed by atoms with van der Waals surface area (Å²) in [7, 11) is 0. The lowest BCUT2D eigenvalue weighted by Crippen LogP contribution is -2.45. The Morgan fingerprint density at radius 3 is 3.00 bits per heavy atom. The number of nitrogens with one attached hydrogen (secondary N) is 1. The first kappa shape index (κ1) is 13.4. The van der Waals surface area contributed by atoms with Gasteiger partial charge in [0.15, 0.2) is 0 Å². The van der Waals surface area contributed by atoms with Gasteiger partial charge in [-0.15, -0.1) is 0 Å². The molecule has 0 bridgehead atoms. The van der Waals surface area contributed by atoms with Crippen molar-refractivity contribution in [2.75, 3.05) is 16.8 Å². The predicted molar refractivity (Wildman–Crippen MR) is 72.7 cm³/mol. The first-order valence-corrected chi connectivity index (χ1v) is 7.43. The van der Waals surface area contributed by atoms with Crippen LogP contribution in [0.1, 0.15) is 26.2 Å². The highest BCUT2D eigenvalue weighted by molar-refractivity contribution is 7.99. The van der Waals surface area contributed by atoms with Crippen LogP contribution in [0.3, 0.4) is 0 Å². The van der Waals surface area contributed by atoms with E-state index in [1.54, 1.807) is 28.8 Å². The molecule has 1 aromatic heterocycles. The molecule has 0 aromatic carbocycles. The average molecular weight is 269 g/mol. The minimum Gasteiger partial charge on any atom is -0.380 e. The molecule has 5 nitrogen and oxygen atoms in total. The van der Waals surface area contributed by atoms with Gasteiger partial charge in [-0.3, -0.25) is 9.48 Å². The third kappa shape index (κ3) is 3.05. The molecule has 1 aliphatic rings. The van der Waals surface area contributed by atoms with Crippen molar-refractivity contribution in [3.05, 3.63) is 12.4 Å². The van der Waals surface area contributed by atoms with Crippen LogP contribution in [0.2, 0.25) is 0 Å². The van der Waals surface area contributed by atoms with Crippen molar-refractivity contribution in [3.63, 3.8) is 0 Å². The lowest BCUT2D eigenvalue weighted by Gasteiger charge is -2.29. The first-order chi connectivity index (χ1) is 8.64. The van der Waals surface area contributed by atoms with Crippen LogP contribution in [0, 0.1) is 0 Å². The van der Waals surface area contributed by atoms with Crippen molar-refractivity contribution in [3.8, 4) is 0 Å². The van der Waals surface area contributed by atoms with E-state index in [2.05, 4.69) is 17.3 Å². The Hall–Kier alpha value is -1.01. The van der Waals surface area contributed by atoms with Crippen molar-refractivity contribution in [1.29, 1.82) is 0 Å². The van der Waals surface area contributed by atoms with E-state index in [1.165, 1.54) is 0 Å². The summed E-state index contributed by atoms with van der Waals surface area (Å²) in [6, 6.07) is 0. The number of hydrogen-bond donors (Lipinski definition) is 2. The van der Waals surface area contributed by atoms with Gasteiger partial charge in [-0.1, -0.05) is 6.92 Å². The van der Waals surface area contributed by atoms with Gasteiger partial charge in [0.1, 0.15) is 5.60 Å². The molecule has 2 N–H and O–H groups in total. The Bertz CT molecular complexity index is 413. The predicted octanol–water partition coefficient (Wildman–Crippen LogP) is 1.49. The van der Waals surface area contributed by atoms with Gasteiger partial charge >= 0.3 is 0 Å². The Morgan fingerprint density at radius 1 is 1.61 bits per heavy atom. The molecule has 0 spiro atoms. The normalized spacial score (nSPS) is 18.6. The fourth-order valence-electron chi connectivity index (χ4n) is 1.96. The number of nitrogens with zero attached hydrogens (tertiary/aromatic N) is 2. The Morgan fingerprint density at radius 2 is 2.33 bits per heavy atom. The molecule has 1 saturated heterocycles. The zero-order valence-electron chi connectivity index (χ0n) is 10.6. The molecule has 6 heteroatoms. The Balaban J connectivity index is 1.97. The summed E-state index contributed by atoms with van der Waals surface area (Å²) in [6.45, 7) is 2.90. The van der Waals surface area contributed by atoms with E-state index in [1.807, 2.05) is 0 Å². The third-order valence-electron chi connectivity index (χ3n) is 3.09. The molecule has 1 amide bonds. The van der Waals surface area contributed by atoms with E-state index in [4.69, 9.17) is 0 Å². The SMILES string of the molecule is CCCn1cc(NC(=O)C2(O)CCSCC2)cn1. The third-order valence-corrected chi connectivity index (χ3v) is 4.07. The molecule has 100 valence electrons. The summed E-state index contributed by atoms with van der Waals surface area (Å²) in [6.07, 6.45) is 5.45. The van der Waals surface area contributed by atoms with Gasteiger partial charge in [-0.05, 0) is 30.8 Å². The van der Waals surface area contributed by atoms with Crippen LogP contribution in [-0.2, 0) is 11.3 Å². The molecule has 0 radical (unpaired) electrons. The lowest BCUT2D eigenvalue weighted by atomic mass is 9.96. The topological polar surface area (TPSA) is 67.2 Å². The van der Waals surface area contributed by atoms with Gasteiger partial charge in [0.05, 0.1) is 11.9 Å². The van der Waals surface area contributed by atoms with Crippen molar-refractivity contribution >= 4 is 23.4 Å². The fourth-order valence-corrected chi connectivity index (χ4v) is 3.13. The highest BCUT2D eigenvalue weighted by atomic mass is 32.2. The Labute approximate surface area is 111 Å². The van der Waals surface area contributed by atoms with Crippen LogP contribution in [0.25, 0.3) is 0 Å². The number of rotatable bonds is 4. The molecule has 18 heavy (non-hydrogen) atoms. The monoisotopic (exact) mass is 269 g/mol. The van der Waals surface area contributed by atoms with Gasteiger partial charge < -0.3 is 10.4 Å². The molecule has 2 heterocycles. The number of anilines is 1. The molecule has 1 aromatic rings. The van der Waals surface area contributed by atoms with Crippen LogP contribution < -0.4 is 5.32 Å². The second-order valence-electron chi connectivity index (χ2n) is 4.59. The highest BCUT2D eigenvalue weighted by Crippen LogP contribution is 2.28. The number of hydrogen-bond acceptors (Lipinski definition) is 4. The van der Waals surface area contributed by atoms with Crippen LogP contribution in [0.5, 0.6) is 0 Å². The average Bonchev–Trinajstić information content (AvgIpc) is 2.78. The maximum Gasteiger partial charge on any atom is 0.256 e. The second kappa shape index (κ2) is 5.75. The molecule has 1 fully saturated rings. The molecule has 0 saturated carbocycles. The summed E-state index contributed by atoms with van der Waals surface area (Å²) in [5, 5.41) is 17.2. The van der Waals surface area contributed by atoms with Crippen molar-refractivity contribution in [2.45, 2.75) is 38.3 Å². The zero-order valence-corrected chi connectivity index (χ0v) is 11.4. The summed E-state index contributed by atoms with van der Waals surface area (Å²) < 4.78 is 1.79. The number of carbonyl (C=O) groups is 1. The van der Waals surface area contributed by atoms with E-state index in [0.717, 1.165) is 24.5 Å². The highest BCUT2D eigenvalue weighted by Gasteiger charge is 2.37. The van der Waals surface area contributed by atoms with Gasteiger partial charge in [0.2, 0.25) is 0 Å². The summed E-state index contributed by atoms with van der Waals surface area (Å²) in [5.74, 6) is 1.36. The number of aryl methyl sites for hydroxylation is 1. The number of aromatic nitrogens is 2. The van der Waals surface area contributed by atoms with E-state index in [0.29, 0.717) is 18.5 Å². The van der Waals surface area contributed by atoms with Crippen LogP contribution in [0.15, 0.2) is 12.4 Å². The summed E-state index contributed by atoms with van der Waals surface area (Å²) >= 11 is 1.78. The maximum atomic E-state index is 12.0. The minimum absolute atomic E-state index is 0.307. The van der Waals surface area contributed by atoms with E-state index >= 15 is 0 Å². The largest absolute Gasteiger partial charge is 0.380 e. The molecule has 0 unspecified atom stereocenters. The van der Waals surface area contributed by atoms with E-state index < -0.39 is 5.60 Å². The molecular weight excluding hydrogens is 250 g/mol. The molecule has 0 aliphatic carbocycles. The summed E-state index contributed by atoms with van der Waals surface area (Å²) in [4.78, 5) is 12.0. The zero-order chi connectivity index (χ0) is 13.0. The molecule has 1 aliphatic heterocycles. The number of amides is 1.